The molecule has 1 fully saturated rings. The van der Waals surface area contributed by atoms with Crippen LogP contribution in [-0.4, -0.2) is 37.4 Å². The van der Waals surface area contributed by atoms with Crippen molar-refractivity contribution in [3.8, 4) is 5.88 Å². The fourth-order valence-electron chi connectivity index (χ4n) is 2.45. The van der Waals surface area contributed by atoms with Crippen molar-refractivity contribution >= 4 is 10.2 Å². The molecular formula is C14H23N3O3S. The summed E-state index contributed by atoms with van der Waals surface area (Å²) in [7, 11) is -3.45. The second-order valence-corrected chi connectivity index (χ2v) is 7.09. The SMILES string of the molecule is CCOc1ncccc1CNS(=O)(=O)N1CCCC(C)C1. The lowest BCUT2D eigenvalue weighted by molar-refractivity contribution is 0.278. The summed E-state index contributed by atoms with van der Waals surface area (Å²) in [5.41, 5.74) is 0.744. The highest BCUT2D eigenvalue weighted by Gasteiger charge is 2.26. The third-order valence-corrected chi connectivity index (χ3v) is 5.06. The summed E-state index contributed by atoms with van der Waals surface area (Å²) in [5, 5.41) is 0. The molecule has 1 atom stereocenters. The standard InChI is InChI=1S/C14H23N3O3S/c1-3-20-14-13(7-4-8-15-14)10-16-21(18,19)17-9-5-6-12(2)11-17/h4,7-8,12,16H,3,5-6,9-11H2,1-2H3. The van der Waals surface area contributed by atoms with E-state index in [1.807, 2.05) is 13.0 Å². The van der Waals surface area contributed by atoms with Crippen molar-refractivity contribution in [2.45, 2.75) is 33.2 Å². The molecule has 1 aromatic heterocycles. The molecule has 0 amide bonds. The van der Waals surface area contributed by atoms with Crippen LogP contribution in [0.5, 0.6) is 5.88 Å². The molecule has 1 saturated heterocycles. The largest absolute Gasteiger partial charge is 0.478 e. The van der Waals surface area contributed by atoms with Gasteiger partial charge in [0.1, 0.15) is 0 Å². The number of pyridine rings is 1. The summed E-state index contributed by atoms with van der Waals surface area (Å²) < 4.78 is 34.2. The van der Waals surface area contributed by atoms with E-state index < -0.39 is 10.2 Å². The predicted molar refractivity (Wildman–Crippen MR) is 81.1 cm³/mol. The molecule has 2 heterocycles. The quantitative estimate of drug-likeness (QED) is 0.865. The fourth-order valence-corrected chi connectivity index (χ4v) is 3.79. The zero-order chi connectivity index (χ0) is 15.3. The Balaban J connectivity index is 2.01. The number of hydrogen-bond donors (Lipinski definition) is 1. The number of piperidine rings is 1. The van der Waals surface area contributed by atoms with E-state index in [1.165, 1.54) is 4.31 Å². The van der Waals surface area contributed by atoms with Gasteiger partial charge in [-0.1, -0.05) is 13.0 Å². The Hall–Kier alpha value is -1.18. The first-order chi connectivity index (χ1) is 10.0. The summed E-state index contributed by atoms with van der Waals surface area (Å²) in [6.45, 7) is 5.82. The molecule has 1 aliphatic rings. The van der Waals surface area contributed by atoms with Crippen LogP contribution in [0.2, 0.25) is 0 Å². The number of rotatable bonds is 6. The topological polar surface area (TPSA) is 71.5 Å². The van der Waals surface area contributed by atoms with E-state index in [9.17, 15) is 8.42 Å². The molecule has 1 N–H and O–H groups in total. The van der Waals surface area contributed by atoms with Crippen LogP contribution in [0.1, 0.15) is 32.3 Å². The zero-order valence-corrected chi connectivity index (χ0v) is 13.4. The summed E-state index contributed by atoms with van der Waals surface area (Å²) >= 11 is 0. The van der Waals surface area contributed by atoms with Crippen LogP contribution in [0.15, 0.2) is 18.3 Å². The summed E-state index contributed by atoms with van der Waals surface area (Å²) in [6, 6.07) is 3.59. The molecule has 7 heteroatoms. The number of ether oxygens (including phenoxy) is 1. The molecule has 6 nitrogen and oxygen atoms in total. The minimum atomic E-state index is -3.45. The zero-order valence-electron chi connectivity index (χ0n) is 12.6. The van der Waals surface area contributed by atoms with Crippen molar-refractivity contribution in [1.29, 1.82) is 0 Å². The minimum Gasteiger partial charge on any atom is -0.478 e. The maximum atomic E-state index is 12.3. The average Bonchev–Trinajstić information content (AvgIpc) is 2.47. The molecule has 118 valence electrons. The Kier molecular flexibility index (Phi) is 5.55. The van der Waals surface area contributed by atoms with Gasteiger partial charge in [-0.2, -0.15) is 17.4 Å². The van der Waals surface area contributed by atoms with Gasteiger partial charge in [-0.25, -0.2) is 4.98 Å². The number of nitrogens with zero attached hydrogens (tertiary/aromatic N) is 2. The Morgan fingerprint density at radius 3 is 3.05 bits per heavy atom. The van der Waals surface area contributed by atoms with Gasteiger partial charge in [0, 0.05) is 31.4 Å². The molecule has 1 aromatic rings. The molecule has 1 aliphatic heterocycles. The van der Waals surface area contributed by atoms with Gasteiger partial charge in [0.15, 0.2) is 0 Å². The molecule has 0 aliphatic carbocycles. The van der Waals surface area contributed by atoms with Gasteiger partial charge in [-0.15, -0.1) is 0 Å². The van der Waals surface area contributed by atoms with Gasteiger partial charge in [0.05, 0.1) is 6.61 Å². The third kappa shape index (κ3) is 4.39. The van der Waals surface area contributed by atoms with Gasteiger partial charge in [-0.05, 0) is 31.7 Å². The summed E-state index contributed by atoms with van der Waals surface area (Å²) in [5.74, 6) is 0.891. The van der Waals surface area contributed by atoms with Gasteiger partial charge in [-0.3, -0.25) is 0 Å². The number of hydrogen-bond acceptors (Lipinski definition) is 4. The molecule has 0 aromatic carbocycles. The van der Waals surface area contributed by atoms with Crippen molar-refractivity contribution in [3.05, 3.63) is 23.9 Å². The lowest BCUT2D eigenvalue weighted by Gasteiger charge is -2.30. The third-order valence-electron chi connectivity index (χ3n) is 3.54. The van der Waals surface area contributed by atoms with E-state index >= 15 is 0 Å². The normalized spacial score (nSPS) is 20.4. The van der Waals surface area contributed by atoms with E-state index in [0.717, 1.165) is 18.4 Å². The first-order valence-corrected chi connectivity index (χ1v) is 8.78. The number of nitrogens with one attached hydrogen (secondary N) is 1. The van der Waals surface area contributed by atoms with Crippen molar-refractivity contribution in [2.24, 2.45) is 5.92 Å². The Bertz CT molecular complexity index is 562. The summed E-state index contributed by atoms with van der Waals surface area (Å²) in [4.78, 5) is 4.12. The first kappa shape index (κ1) is 16.2. The van der Waals surface area contributed by atoms with Crippen LogP contribution < -0.4 is 9.46 Å². The maximum absolute atomic E-state index is 12.3. The molecular weight excluding hydrogens is 290 g/mol. The lowest BCUT2D eigenvalue weighted by atomic mass is 10.0. The van der Waals surface area contributed by atoms with E-state index in [-0.39, 0.29) is 6.54 Å². The molecule has 1 unspecified atom stereocenters. The Morgan fingerprint density at radius 2 is 2.33 bits per heavy atom. The highest BCUT2D eigenvalue weighted by Crippen LogP contribution is 2.19. The Morgan fingerprint density at radius 1 is 1.52 bits per heavy atom. The van der Waals surface area contributed by atoms with Crippen molar-refractivity contribution < 1.29 is 13.2 Å². The van der Waals surface area contributed by atoms with Crippen molar-refractivity contribution in [2.75, 3.05) is 19.7 Å². The molecule has 2 rings (SSSR count). The Labute approximate surface area is 126 Å². The highest BCUT2D eigenvalue weighted by molar-refractivity contribution is 7.87. The minimum absolute atomic E-state index is 0.191. The molecule has 0 bridgehead atoms. The van der Waals surface area contributed by atoms with Crippen molar-refractivity contribution in [3.63, 3.8) is 0 Å². The summed E-state index contributed by atoms with van der Waals surface area (Å²) in [6.07, 6.45) is 3.64. The van der Waals surface area contributed by atoms with Gasteiger partial charge < -0.3 is 4.74 Å². The highest BCUT2D eigenvalue weighted by atomic mass is 32.2. The van der Waals surface area contributed by atoms with E-state index in [1.54, 1.807) is 12.3 Å². The second-order valence-electron chi connectivity index (χ2n) is 5.33. The van der Waals surface area contributed by atoms with Gasteiger partial charge in [0.2, 0.25) is 5.88 Å². The molecule has 21 heavy (non-hydrogen) atoms. The van der Waals surface area contributed by atoms with E-state index in [2.05, 4.69) is 16.6 Å². The second kappa shape index (κ2) is 7.20. The monoisotopic (exact) mass is 313 g/mol. The molecule has 0 saturated carbocycles. The van der Waals surface area contributed by atoms with E-state index in [0.29, 0.717) is 31.5 Å². The molecule has 0 spiro atoms. The van der Waals surface area contributed by atoms with Crippen LogP contribution in [0.4, 0.5) is 0 Å². The van der Waals surface area contributed by atoms with Crippen LogP contribution >= 0.6 is 0 Å². The smallest absolute Gasteiger partial charge is 0.279 e. The first-order valence-electron chi connectivity index (χ1n) is 7.34. The lowest BCUT2D eigenvalue weighted by Crippen LogP contribution is -2.45. The van der Waals surface area contributed by atoms with Crippen LogP contribution in [0, 0.1) is 5.92 Å². The average molecular weight is 313 g/mol. The predicted octanol–water partition coefficient (Wildman–Crippen LogP) is 1.55. The molecule has 0 radical (unpaired) electrons. The maximum Gasteiger partial charge on any atom is 0.279 e. The van der Waals surface area contributed by atoms with Crippen molar-refractivity contribution in [1.82, 2.24) is 14.0 Å². The van der Waals surface area contributed by atoms with Crippen LogP contribution in [-0.2, 0) is 16.8 Å². The number of aromatic nitrogens is 1. The van der Waals surface area contributed by atoms with Gasteiger partial charge in [0.25, 0.3) is 10.2 Å². The van der Waals surface area contributed by atoms with Crippen LogP contribution in [0.25, 0.3) is 0 Å². The van der Waals surface area contributed by atoms with Gasteiger partial charge >= 0.3 is 0 Å². The van der Waals surface area contributed by atoms with Crippen LogP contribution in [0.3, 0.4) is 0 Å². The van der Waals surface area contributed by atoms with E-state index in [4.69, 9.17) is 4.74 Å². The fraction of sp³-hybridized carbons (Fsp3) is 0.643.